The Kier molecular flexibility index (Phi) is 6.19. The number of carbonyl (C=O) groups excluding carboxylic acids is 2. The molecule has 35 heavy (non-hydrogen) atoms. The molecule has 3 aromatic rings. The molecule has 10 nitrogen and oxygen atoms in total. The van der Waals surface area contributed by atoms with Gasteiger partial charge in [-0.2, -0.15) is 5.10 Å². The molecule has 0 radical (unpaired) electrons. The number of rotatable bonds is 7. The highest BCUT2D eigenvalue weighted by atomic mass is 16.5. The van der Waals surface area contributed by atoms with E-state index in [2.05, 4.69) is 33.0 Å². The zero-order valence-electron chi connectivity index (χ0n) is 18.7. The van der Waals surface area contributed by atoms with E-state index in [1.165, 1.54) is 6.07 Å². The molecule has 10 heteroatoms. The third-order valence-electron chi connectivity index (χ3n) is 6.27. The third-order valence-corrected chi connectivity index (χ3v) is 6.27. The molecule has 0 saturated carbocycles. The van der Waals surface area contributed by atoms with Gasteiger partial charge in [-0.15, -0.1) is 0 Å². The summed E-state index contributed by atoms with van der Waals surface area (Å²) < 4.78 is 10.9. The van der Waals surface area contributed by atoms with E-state index < -0.39 is 24.1 Å². The van der Waals surface area contributed by atoms with Gasteiger partial charge >= 0.3 is 12.1 Å². The van der Waals surface area contributed by atoms with Crippen LogP contribution in [0.3, 0.4) is 0 Å². The summed E-state index contributed by atoms with van der Waals surface area (Å²) >= 11 is 0. The molecule has 2 unspecified atom stereocenters. The first-order valence-electron chi connectivity index (χ1n) is 11.3. The summed E-state index contributed by atoms with van der Waals surface area (Å²) in [5.74, 6) is -1.36. The van der Waals surface area contributed by atoms with Gasteiger partial charge in [0.05, 0.1) is 6.10 Å². The van der Waals surface area contributed by atoms with Crippen LogP contribution in [0.1, 0.15) is 40.4 Å². The summed E-state index contributed by atoms with van der Waals surface area (Å²) in [6, 6.07) is 17.5. The second-order valence-electron chi connectivity index (χ2n) is 8.49. The van der Waals surface area contributed by atoms with Crippen LogP contribution in [0.2, 0.25) is 0 Å². The predicted molar refractivity (Wildman–Crippen MR) is 125 cm³/mol. The number of aliphatic carboxylic acids is 1. The maximum atomic E-state index is 12.4. The van der Waals surface area contributed by atoms with Gasteiger partial charge in [-0.1, -0.05) is 48.5 Å². The Balaban J connectivity index is 1.13. The molecule has 1 aliphatic carbocycles. The number of ether oxygens (including phenoxy) is 2. The van der Waals surface area contributed by atoms with Crippen LogP contribution in [0, 0.1) is 0 Å². The fraction of sp³-hybridized carbons (Fsp3) is 0.280. The first-order valence-corrected chi connectivity index (χ1v) is 11.3. The van der Waals surface area contributed by atoms with E-state index in [1.807, 2.05) is 36.4 Å². The summed E-state index contributed by atoms with van der Waals surface area (Å²) in [4.78, 5) is 35.7. The molecule has 1 aromatic heterocycles. The number of nitrogens with one attached hydrogen (secondary N) is 3. The number of carboxylic acid groups (broad SMARTS) is 1. The first kappa shape index (κ1) is 22.6. The van der Waals surface area contributed by atoms with Gasteiger partial charge in [-0.3, -0.25) is 15.2 Å². The number of carboxylic acids is 1. The third kappa shape index (κ3) is 4.73. The zero-order valence-corrected chi connectivity index (χ0v) is 18.7. The van der Waals surface area contributed by atoms with Gasteiger partial charge in [0.1, 0.15) is 12.3 Å². The Morgan fingerprint density at radius 3 is 2.40 bits per heavy atom. The number of hydrogen-bond donors (Lipinski definition) is 4. The molecule has 0 spiro atoms. The number of benzene rings is 2. The molecule has 1 saturated heterocycles. The molecule has 2 heterocycles. The lowest BCUT2D eigenvalue weighted by molar-refractivity contribution is -0.149. The number of H-pyrrole nitrogens is 1. The van der Waals surface area contributed by atoms with Crippen molar-refractivity contribution < 1.29 is 29.0 Å². The quantitative estimate of drug-likeness (QED) is 0.410. The molecule has 4 N–H and O–H groups in total. The number of carbonyl (C=O) groups is 3. The monoisotopic (exact) mass is 476 g/mol. The lowest BCUT2D eigenvalue weighted by Gasteiger charge is -2.14. The SMILES string of the molecule is O=C(Nc1cc(C(=O)NCC2CCC(C(=O)O)O2)[nH]n1)OCC1c2ccccc2-c2ccccc21. The van der Waals surface area contributed by atoms with Crippen LogP contribution >= 0.6 is 0 Å². The summed E-state index contributed by atoms with van der Waals surface area (Å²) in [5, 5.41) is 20.7. The summed E-state index contributed by atoms with van der Waals surface area (Å²) in [6.07, 6.45) is -0.911. The Bertz CT molecular complexity index is 1230. The second-order valence-corrected chi connectivity index (χ2v) is 8.49. The van der Waals surface area contributed by atoms with E-state index >= 15 is 0 Å². The lowest BCUT2D eigenvalue weighted by Crippen LogP contribution is -2.33. The molecule has 2 aromatic carbocycles. The number of aromatic amines is 1. The minimum absolute atomic E-state index is 0.0628. The number of amides is 2. The fourth-order valence-corrected chi connectivity index (χ4v) is 4.58. The molecule has 180 valence electrons. The normalized spacial score (nSPS) is 18.5. The van der Waals surface area contributed by atoms with Crippen LogP contribution in [0.5, 0.6) is 0 Å². The summed E-state index contributed by atoms with van der Waals surface area (Å²) in [6.45, 7) is 0.340. The van der Waals surface area contributed by atoms with E-state index in [0.717, 1.165) is 22.3 Å². The lowest BCUT2D eigenvalue weighted by atomic mass is 9.98. The van der Waals surface area contributed by atoms with E-state index in [-0.39, 0.29) is 36.7 Å². The summed E-state index contributed by atoms with van der Waals surface area (Å²) in [5.41, 5.74) is 4.65. The number of fused-ring (bicyclic) bond motifs is 3. The van der Waals surface area contributed by atoms with Gasteiger partial charge in [0, 0.05) is 18.5 Å². The van der Waals surface area contributed by atoms with Crippen molar-refractivity contribution in [1.29, 1.82) is 0 Å². The van der Waals surface area contributed by atoms with Crippen LogP contribution in [-0.2, 0) is 14.3 Å². The topological polar surface area (TPSA) is 143 Å². The van der Waals surface area contributed by atoms with E-state index in [0.29, 0.717) is 12.8 Å². The van der Waals surface area contributed by atoms with Crippen LogP contribution < -0.4 is 10.6 Å². The molecule has 2 aliphatic rings. The smallest absolute Gasteiger partial charge is 0.412 e. The van der Waals surface area contributed by atoms with Crippen LogP contribution in [0.4, 0.5) is 10.6 Å². The number of anilines is 1. The van der Waals surface area contributed by atoms with Gasteiger partial charge < -0.3 is 19.9 Å². The van der Waals surface area contributed by atoms with Crippen molar-refractivity contribution in [3.05, 3.63) is 71.4 Å². The van der Waals surface area contributed by atoms with E-state index in [4.69, 9.17) is 14.6 Å². The van der Waals surface area contributed by atoms with Gasteiger partial charge in [-0.25, -0.2) is 9.59 Å². The van der Waals surface area contributed by atoms with Crippen LogP contribution in [0.25, 0.3) is 11.1 Å². The standard InChI is InChI=1S/C25H24N4O6/c30-23(26-12-14-9-10-21(35-14)24(31)32)20-11-22(29-28-20)27-25(33)34-13-19-17-7-3-1-5-15(17)16-6-2-4-8-18(16)19/h1-8,11,14,19,21H,9-10,12-13H2,(H,26,30)(H,31,32)(H2,27,28,29,33). The average Bonchev–Trinajstić information content (AvgIpc) is 3.59. The first-order chi connectivity index (χ1) is 17.0. The Labute approximate surface area is 200 Å². The minimum atomic E-state index is -1.00. The van der Waals surface area contributed by atoms with Crippen LogP contribution in [-0.4, -0.2) is 58.6 Å². The molecule has 0 bridgehead atoms. The number of hydrogen-bond acceptors (Lipinski definition) is 6. The highest BCUT2D eigenvalue weighted by Crippen LogP contribution is 2.44. The van der Waals surface area contributed by atoms with Gasteiger partial charge in [0.15, 0.2) is 11.9 Å². The molecule has 2 amide bonds. The second kappa shape index (κ2) is 9.59. The molecular weight excluding hydrogens is 452 g/mol. The van der Waals surface area contributed by atoms with E-state index in [9.17, 15) is 14.4 Å². The minimum Gasteiger partial charge on any atom is -0.479 e. The van der Waals surface area contributed by atoms with Crippen molar-refractivity contribution in [1.82, 2.24) is 15.5 Å². The Morgan fingerprint density at radius 1 is 1.06 bits per heavy atom. The van der Waals surface area contributed by atoms with Gasteiger partial charge in [-0.05, 0) is 35.1 Å². The van der Waals surface area contributed by atoms with Crippen molar-refractivity contribution in [2.45, 2.75) is 31.0 Å². The highest BCUT2D eigenvalue weighted by molar-refractivity contribution is 5.94. The summed E-state index contributed by atoms with van der Waals surface area (Å²) in [7, 11) is 0. The van der Waals surface area contributed by atoms with Crippen molar-refractivity contribution in [3.63, 3.8) is 0 Å². The van der Waals surface area contributed by atoms with Gasteiger partial charge in [0.25, 0.3) is 5.91 Å². The van der Waals surface area contributed by atoms with Crippen LogP contribution in [0.15, 0.2) is 54.6 Å². The van der Waals surface area contributed by atoms with Crippen molar-refractivity contribution in [2.75, 3.05) is 18.5 Å². The van der Waals surface area contributed by atoms with Crippen molar-refractivity contribution in [2.24, 2.45) is 0 Å². The average molecular weight is 476 g/mol. The van der Waals surface area contributed by atoms with Gasteiger partial charge in [0.2, 0.25) is 0 Å². The largest absolute Gasteiger partial charge is 0.479 e. The highest BCUT2D eigenvalue weighted by Gasteiger charge is 2.31. The molecule has 2 atom stereocenters. The zero-order chi connectivity index (χ0) is 24.4. The number of aromatic nitrogens is 2. The Morgan fingerprint density at radius 2 is 1.74 bits per heavy atom. The maximum absolute atomic E-state index is 12.4. The molecular formula is C25H24N4O6. The molecule has 1 aliphatic heterocycles. The molecule has 1 fully saturated rings. The van der Waals surface area contributed by atoms with Crippen molar-refractivity contribution in [3.8, 4) is 11.1 Å². The number of nitrogens with zero attached hydrogens (tertiary/aromatic N) is 1. The maximum Gasteiger partial charge on any atom is 0.412 e. The predicted octanol–water partition coefficient (Wildman–Crippen LogP) is 3.13. The fourth-order valence-electron chi connectivity index (χ4n) is 4.58. The van der Waals surface area contributed by atoms with Crippen molar-refractivity contribution >= 4 is 23.8 Å². The molecule has 5 rings (SSSR count). The Hall–Kier alpha value is -4.18. The van der Waals surface area contributed by atoms with E-state index in [1.54, 1.807) is 0 Å².